The van der Waals surface area contributed by atoms with Crippen LogP contribution in [0.25, 0.3) is 11.1 Å². The molecule has 2 bridgehead atoms. The molecular formula is C32H35N5O4. The third-order valence-corrected chi connectivity index (χ3v) is 9.31. The Balaban J connectivity index is 1.12. The number of nitrogens with one attached hydrogen (secondary N) is 1. The number of likely N-dealkylation sites (tertiary alicyclic amines) is 3. The minimum atomic E-state index is -0.909. The van der Waals surface area contributed by atoms with Crippen LogP contribution in [0.5, 0.6) is 0 Å². The van der Waals surface area contributed by atoms with Gasteiger partial charge in [-0.3, -0.25) is 14.5 Å². The fourth-order valence-electron chi connectivity index (χ4n) is 7.60. The van der Waals surface area contributed by atoms with Gasteiger partial charge in [0.15, 0.2) is 0 Å². The minimum Gasteiger partial charge on any atom is -0.444 e. The molecule has 0 spiro atoms. The van der Waals surface area contributed by atoms with Gasteiger partial charge in [0.2, 0.25) is 11.8 Å². The quantitative estimate of drug-likeness (QED) is 0.608. The molecule has 3 heterocycles. The molecule has 5 aliphatic rings. The van der Waals surface area contributed by atoms with Crippen molar-refractivity contribution in [3.05, 3.63) is 59.7 Å². The van der Waals surface area contributed by atoms with Crippen LogP contribution in [-0.2, 0) is 14.3 Å². The average Bonchev–Trinajstić information content (AvgIpc) is 3.21. The second-order valence-electron chi connectivity index (χ2n) is 13.1. The van der Waals surface area contributed by atoms with Gasteiger partial charge in [-0.15, -0.1) is 0 Å². The van der Waals surface area contributed by atoms with Gasteiger partial charge in [0.05, 0.1) is 18.2 Å². The summed E-state index contributed by atoms with van der Waals surface area (Å²) < 4.78 is 5.49. The highest BCUT2D eigenvalue weighted by atomic mass is 16.6. The number of carbonyl (C=O) groups is 3. The summed E-state index contributed by atoms with van der Waals surface area (Å²) in [5.41, 5.74) is 3.92. The van der Waals surface area contributed by atoms with Crippen LogP contribution in [0.3, 0.4) is 0 Å². The van der Waals surface area contributed by atoms with E-state index in [9.17, 15) is 19.6 Å². The zero-order valence-electron chi connectivity index (χ0n) is 23.6. The number of nitriles is 1. The van der Waals surface area contributed by atoms with Crippen molar-refractivity contribution in [2.45, 2.75) is 81.9 Å². The molecule has 0 aromatic heterocycles. The van der Waals surface area contributed by atoms with Gasteiger partial charge in [-0.2, -0.15) is 5.26 Å². The number of rotatable bonds is 5. The minimum absolute atomic E-state index is 0.000414. The first-order chi connectivity index (χ1) is 19.6. The molecule has 41 heavy (non-hydrogen) atoms. The van der Waals surface area contributed by atoms with Gasteiger partial charge >= 0.3 is 6.09 Å². The van der Waals surface area contributed by atoms with E-state index < -0.39 is 23.8 Å². The molecule has 4 fully saturated rings. The smallest absolute Gasteiger partial charge is 0.408 e. The first-order valence-electron chi connectivity index (χ1n) is 14.6. The summed E-state index contributed by atoms with van der Waals surface area (Å²) >= 11 is 0. The molecule has 0 radical (unpaired) electrons. The zero-order valence-corrected chi connectivity index (χ0v) is 23.6. The van der Waals surface area contributed by atoms with Gasteiger partial charge in [-0.25, -0.2) is 4.79 Å². The van der Waals surface area contributed by atoms with Gasteiger partial charge in [-0.1, -0.05) is 48.5 Å². The van der Waals surface area contributed by atoms with E-state index in [4.69, 9.17) is 4.74 Å². The van der Waals surface area contributed by atoms with E-state index in [1.807, 2.05) is 34.1 Å². The van der Waals surface area contributed by atoms with E-state index in [0.29, 0.717) is 25.3 Å². The summed E-state index contributed by atoms with van der Waals surface area (Å²) in [6.45, 7) is 6.14. The number of nitrogens with zero attached hydrogens (tertiary/aromatic N) is 4. The highest BCUT2D eigenvalue weighted by Gasteiger charge is 2.57. The molecule has 2 aromatic rings. The number of amides is 3. The van der Waals surface area contributed by atoms with Crippen molar-refractivity contribution in [1.82, 2.24) is 20.0 Å². The van der Waals surface area contributed by atoms with Crippen molar-refractivity contribution in [3.63, 3.8) is 0 Å². The highest BCUT2D eigenvalue weighted by molar-refractivity contribution is 5.90. The molecule has 1 N–H and O–H groups in total. The van der Waals surface area contributed by atoms with Crippen LogP contribution in [-0.4, -0.2) is 81.5 Å². The molecule has 3 aliphatic heterocycles. The fourth-order valence-corrected chi connectivity index (χ4v) is 7.60. The maximum absolute atomic E-state index is 14.0. The maximum atomic E-state index is 14.0. The molecule has 0 unspecified atom stereocenters. The van der Waals surface area contributed by atoms with E-state index in [1.165, 1.54) is 11.1 Å². The van der Waals surface area contributed by atoms with E-state index in [2.05, 4.69) is 35.7 Å². The summed E-state index contributed by atoms with van der Waals surface area (Å²) in [5, 5.41) is 12.5. The Morgan fingerprint density at radius 2 is 1.71 bits per heavy atom. The number of benzene rings is 2. The van der Waals surface area contributed by atoms with E-state index in [1.54, 1.807) is 25.7 Å². The standard InChI is InChI=1S/C32H35N5O4/c1-32(2,3)41-31(40)34-25(29(38)36-19(15-33)12-18-13-26(18)36)17-35-16-20-14-27(35)30(39)37(20)28-23-10-6-4-8-21(23)22-9-5-7-11-24(22)28/h4-11,18-20,25-28H,12-14,16-17H2,1-3H3,(H,34,40)/t18-,19+,20-,25+,26+,27-/m1/s1. The number of piperidine rings is 1. The topological polar surface area (TPSA) is 106 Å². The Kier molecular flexibility index (Phi) is 5.91. The largest absolute Gasteiger partial charge is 0.444 e. The molecule has 2 aromatic carbocycles. The number of ether oxygens (including phenoxy) is 1. The molecule has 1 saturated carbocycles. The zero-order chi connectivity index (χ0) is 28.6. The molecule has 3 saturated heterocycles. The van der Waals surface area contributed by atoms with Crippen molar-refractivity contribution >= 4 is 17.9 Å². The second kappa shape index (κ2) is 9.31. The molecule has 3 amide bonds. The Morgan fingerprint density at radius 1 is 1.05 bits per heavy atom. The summed E-state index contributed by atoms with van der Waals surface area (Å²) in [5.74, 6) is 0.151. The molecular weight excluding hydrogens is 518 g/mol. The Morgan fingerprint density at radius 3 is 2.32 bits per heavy atom. The number of carbonyl (C=O) groups excluding carboxylic acids is 3. The first-order valence-corrected chi connectivity index (χ1v) is 14.6. The van der Waals surface area contributed by atoms with Gasteiger partial charge in [0.1, 0.15) is 17.7 Å². The summed E-state index contributed by atoms with van der Waals surface area (Å²) in [6, 6.07) is 17.0. The van der Waals surface area contributed by atoms with Crippen LogP contribution in [0.1, 0.15) is 57.2 Å². The Hall–Kier alpha value is -3.90. The third-order valence-electron chi connectivity index (χ3n) is 9.31. The van der Waals surface area contributed by atoms with Crippen LogP contribution >= 0.6 is 0 Å². The van der Waals surface area contributed by atoms with E-state index in [0.717, 1.165) is 17.5 Å². The van der Waals surface area contributed by atoms with Crippen molar-refractivity contribution in [2.24, 2.45) is 5.92 Å². The van der Waals surface area contributed by atoms with E-state index >= 15 is 0 Å². The summed E-state index contributed by atoms with van der Waals surface area (Å²) in [4.78, 5) is 46.4. The lowest BCUT2D eigenvalue weighted by atomic mass is 10.0. The third kappa shape index (κ3) is 4.27. The van der Waals surface area contributed by atoms with Crippen LogP contribution in [0, 0.1) is 17.2 Å². The van der Waals surface area contributed by atoms with Gasteiger partial charge in [0, 0.05) is 25.2 Å². The summed E-state index contributed by atoms with van der Waals surface area (Å²) in [7, 11) is 0. The SMILES string of the molecule is CC(C)(C)OC(=O)N[C@@H](CN1C[C@H]2C[C@@H]1C(=O)N2C1c2ccccc2-c2ccccc21)C(=O)N1[C@H](C#N)C[C@@H]2C[C@@H]21. The summed E-state index contributed by atoms with van der Waals surface area (Å²) in [6.07, 6.45) is 1.59. The monoisotopic (exact) mass is 553 g/mol. The molecule has 2 aliphatic carbocycles. The van der Waals surface area contributed by atoms with Gasteiger partial charge in [-0.05, 0) is 68.2 Å². The van der Waals surface area contributed by atoms with Crippen LogP contribution < -0.4 is 5.32 Å². The maximum Gasteiger partial charge on any atom is 0.408 e. The van der Waals surface area contributed by atoms with Crippen LogP contribution in [0.4, 0.5) is 4.79 Å². The number of hydrogen-bond donors (Lipinski definition) is 1. The molecule has 9 nitrogen and oxygen atoms in total. The Bertz CT molecular complexity index is 1430. The number of hydrogen-bond acceptors (Lipinski definition) is 6. The van der Waals surface area contributed by atoms with Crippen molar-refractivity contribution < 1.29 is 19.1 Å². The van der Waals surface area contributed by atoms with Crippen LogP contribution in [0.15, 0.2) is 48.5 Å². The predicted molar refractivity (Wildman–Crippen MR) is 150 cm³/mol. The van der Waals surface area contributed by atoms with E-state index in [-0.39, 0.29) is 42.5 Å². The molecule has 9 heteroatoms. The number of fused-ring (bicyclic) bond motifs is 6. The van der Waals surface area contributed by atoms with Gasteiger partial charge < -0.3 is 19.9 Å². The fraction of sp³-hybridized carbons (Fsp3) is 0.500. The second-order valence-corrected chi connectivity index (χ2v) is 13.1. The number of alkyl carbamates (subject to hydrolysis) is 1. The normalized spacial score (nSPS) is 28.6. The van der Waals surface area contributed by atoms with Crippen molar-refractivity contribution in [2.75, 3.05) is 13.1 Å². The molecule has 6 atom stereocenters. The highest BCUT2D eigenvalue weighted by Crippen LogP contribution is 2.50. The van der Waals surface area contributed by atoms with Crippen molar-refractivity contribution in [1.29, 1.82) is 5.26 Å². The lowest BCUT2D eigenvalue weighted by molar-refractivity contribution is -0.141. The van der Waals surface area contributed by atoms with Crippen molar-refractivity contribution in [3.8, 4) is 17.2 Å². The lowest BCUT2D eigenvalue weighted by Gasteiger charge is -2.39. The van der Waals surface area contributed by atoms with Gasteiger partial charge in [0.25, 0.3) is 0 Å². The first kappa shape index (κ1) is 26.0. The number of piperazine rings is 1. The predicted octanol–water partition coefficient (Wildman–Crippen LogP) is 3.45. The molecule has 7 rings (SSSR count). The average molecular weight is 554 g/mol. The molecule has 212 valence electrons. The Labute approximate surface area is 240 Å². The van der Waals surface area contributed by atoms with Crippen LogP contribution in [0.2, 0.25) is 0 Å². The lowest BCUT2D eigenvalue weighted by Crippen LogP contribution is -2.59.